The maximum absolute atomic E-state index is 12.0. The molecule has 0 amide bonds. The number of halogens is 2. The highest BCUT2D eigenvalue weighted by atomic mass is 32.1. The van der Waals surface area contributed by atoms with Crippen LogP contribution in [0.15, 0.2) is 5.38 Å². The first-order valence-electron chi connectivity index (χ1n) is 4.13. The number of aromatic carboxylic acids is 1. The van der Waals surface area contributed by atoms with E-state index in [0.717, 1.165) is 11.3 Å². The van der Waals surface area contributed by atoms with Crippen LogP contribution in [0.2, 0.25) is 0 Å². The molecule has 0 fully saturated rings. The molecule has 15 heavy (non-hydrogen) atoms. The predicted molar refractivity (Wildman–Crippen MR) is 51.4 cm³/mol. The lowest BCUT2D eigenvalue weighted by atomic mass is 10.4. The van der Waals surface area contributed by atoms with Crippen LogP contribution in [0.1, 0.15) is 15.5 Å². The molecule has 1 rings (SSSR count). The average molecular weight is 236 g/mol. The minimum atomic E-state index is -2.40. The number of carboxylic acids is 1. The standard InChI is InChI=1S/C8H10F2N2O2S/c1-12(3-6(9)10)2-5-4-15-7(11-5)8(13)14/h4,6H,2-3H2,1H3,(H,13,14). The van der Waals surface area contributed by atoms with Crippen LogP contribution in [0.4, 0.5) is 8.78 Å². The van der Waals surface area contributed by atoms with E-state index in [9.17, 15) is 13.6 Å². The van der Waals surface area contributed by atoms with Gasteiger partial charge in [0.25, 0.3) is 6.43 Å². The van der Waals surface area contributed by atoms with E-state index in [2.05, 4.69) is 4.98 Å². The van der Waals surface area contributed by atoms with E-state index in [1.165, 1.54) is 11.9 Å². The molecule has 0 atom stereocenters. The van der Waals surface area contributed by atoms with Crippen LogP contribution < -0.4 is 0 Å². The van der Waals surface area contributed by atoms with Gasteiger partial charge < -0.3 is 5.11 Å². The number of rotatable bonds is 5. The highest BCUT2D eigenvalue weighted by Gasteiger charge is 2.12. The molecule has 0 radical (unpaired) electrons. The van der Waals surface area contributed by atoms with Crippen molar-refractivity contribution in [1.29, 1.82) is 0 Å². The molecule has 84 valence electrons. The van der Waals surface area contributed by atoms with E-state index < -0.39 is 12.4 Å². The van der Waals surface area contributed by atoms with Gasteiger partial charge in [-0.05, 0) is 7.05 Å². The predicted octanol–water partition coefficient (Wildman–Crippen LogP) is 1.54. The van der Waals surface area contributed by atoms with Gasteiger partial charge in [-0.15, -0.1) is 11.3 Å². The fourth-order valence-corrected chi connectivity index (χ4v) is 1.70. The van der Waals surface area contributed by atoms with Gasteiger partial charge >= 0.3 is 5.97 Å². The Morgan fingerprint density at radius 1 is 1.73 bits per heavy atom. The zero-order valence-electron chi connectivity index (χ0n) is 7.98. The van der Waals surface area contributed by atoms with Crippen LogP contribution in [-0.2, 0) is 6.54 Å². The molecule has 0 aliphatic carbocycles. The van der Waals surface area contributed by atoms with Crippen molar-refractivity contribution in [2.45, 2.75) is 13.0 Å². The second-order valence-electron chi connectivity index (χ2n) is 3.04. The largest absolute Gasteiger partial charge is 0.476 e. The van der Waals surface area contributed by atoms with Gasteiger partial charge in [-0.25, -0.2) is 18.6 Å². The summed E-state index contributed by atoms with van der Waals surface area (Å²) in [6, 6.07) is 0. The monoisotopic (exact) mass is 236 g/mol. The molecule has 0 aliphatic rings. The number of carboxylic acid groups (broad SMARTS) is 1. The second-order valence-corrected chi connectivity index (χ2v) is 3.90. The van der Waals surface area contributed by atoms with Crippen molar-refractivity contribution in [3.8, 4) is 0 Å². The van der Waals surface area contributed by atoms with Gasteiger partial charge in [0.2, 0.25) is 5.01 Å². The molecule has 7 heteroatoms. The molecular weight excluding hydrogens is 226 g/mol. The van der Waals surface area contributed by atoms with Crippen molar-refractivity contribution in [1.82, 2.24) is 9.88 Å². The molecule has 0 aromatic carbocycles. The van der Waals surface area contributed by atoms with Crippen LogP contribution in [0.3, 0.4) is 0 Å². The fraction of sp³-hybridized carbons (Fsp3) is 0.500. The minimum Gasteiger partial charge on any atom is -0.476 e. The maximum atomic E-state index is 12.0. The highest BCUT2D eigenvalue weighted by molar-refractivity contribution is 7.11. The number of alkyl halides is 2. The Morgan fingerprint density at radius 2 is 2.40 bits per heavy atom. The number of aromatic nitrogens is 1. The minimum absolute atomic E-state index is 0.0181. The van der Waals surface area contributed by atoms with Gasteiger partial charge in [-0.1, -0.05) is 0 Å². The number of carbonyl (C=O) groups is 1. The Balaban J connectivity index is 2.53. The van der Waals surface area contributed by atoms with Crippen molar-refractivity contribution >= 4 is 17.3 Å². The Kier molecular flexibility index (Phi) is 4.10. The van der Waals surface area contributed by atoms with Crippen LogP contribution in [0.5, 0.6) is 0 Å². The van der Waals surface area contributed by atoms with Crippen molar-refractivity contribution in [3.63, 3.8) is 0 Å². The smallest absolute Gasteiger partial charge is 0.365 e. The Hall–Kier alpha value is -1.08. The molecule has 0 spiro atoms. The quantitative estimate of drug-likeness (QED) is 0.842. The van der Waals surface area contributed by atoms with E-state index >= 15 is 0 Å². The summed E-state index contributed by atoms with van der Waals surface area (Å²) < 4.78 is 23.9. The van der Waals surface area contributed by atoms with Gasteiger partial charge in [-0.3, -0.25) is 4.90 Å². The van der Waals surface area contributed by atoms with Crippen LogP contribution in [-0.4, -0.2) is 41.0 Å². The first-order valence-corrected chi connectivity index (χ1v) is 5.01. The van der Waals surface area contributed by atoms with E-state index in [1.54, 1.807) is 5.38 Å². The van der Waals surface area contributed by atoms with Gasteiger partial charge in [0.1, 0.15) is 0 Å². The van der Waals surface area contributed by atoms with Crippen molar-refractivity contribution in [2.24, 2.45) is 0 Å². The Morgan fingerprint density at radius 3 is 2.87 bits per heavy atom. The zero-order chi connectivity index (χ0) is 11.4. The first-order chi connectivity index (χ1) is 6.99. The van der Waals surface area contributed by atoms with E-state index in [4.69, 9.17) is 5.11 Å². The summed E-state index contributed by atoms with van der Waals surface area (Å²) in [6.45, 7) is -0.117. The highest BCUT2D eigenvalue weighted by Crippen LogP contribution is 2.11. The molecule has 0 bridgehead atoms. The Labute approximate surface area is 89.2 Å². The first kappa shape index (κ1) is 12.0. The summed E-state index contributed by atoms with van der Waals surface area (Å²) >= 11 is 0.994. The van der Waals surface area contributed by atoms with E-state index in [-0.39, 0.29) is 18.1 Å². The van der Waals surface area contributed by atoms with Crippen LogP contribution in [0.25, 0.3) is 0 Å². The van der Waals surface area contributed by atoms with Crippen LogP contribution in [0, 0.1) is 0 Å². The van der Waals surface area contributed by atoms with E-state index in [1.807, 2.05) is 0 Å². The molecule has 0 saturated carbocycles. The number of nitrogens with zero attached hydrogens (tertiary/aromatic N) is 2. The Bertz CT molecular complexity index is 343. The molecule has 1 aromatic heterocycles. The molecule has 1 aromatic rings. The molecular formula is C8H10F2N2O2S. The average Bonchev–Trinajstić information content (AvgIpc) is 2.50. The van der Waals surface area contributed by atoms with Gasteiger partial charge in [-0.2, -0.15) is 0 Å². The number of hydrogen-bond donors (Lipinski definition) is 1. The number of hydrogen-bond acceptors (Lipinski definition) is 4. The summed E-state index contributed by atoms with van der Waals surface area (Å²) in [6.07, 6.45) is -2.40. The SMILES string of the molecule is CN(Cc1csc(C(=O)O)n1)CC(F)F. The van der Waals surface area contributed by atoms with Gasteiger partial charge in [0.15, 0.2) is 0 Å². The van der Waals surface area contributed by atoms with Crippen molar-refractivity contribution in [3.05, 3.63) is 16.1 Å². The number of thiazole rings is 1. The molecule has 0 saturated heterocycles. The lowest BCUT2D eigenvalue weighted by molar-refractivity contribution is 0.0695. The van der Waals surface area contributed by atoms with Crippen LogP contribution >= 0.6 is 11.3 Å². The zero-order valence-corrected chi connectivity index (χ0v) is 8.80. The summed E-state index contributed by atoms with van der Waals surface area (Å²) in [5.74, 6) is -1.09. The second kappa shape index (κ2) is 5.13. The van der Waals surface area contributed by atoms with Crippen molar-refractivity contribution < 1.29 is 18.7 Å². The van der Waals surface area contributed by atoms with Crippen molar-refractivity contribution in [2.75, 3.05) is 13.6 Å². The lowest BCUT2D eigenvalue weighted by Crippen LogP contribution is -2.24. The van der Waals surface area contributed by atoms with E-state index in [0.29, 0.717) is 5.69 Å². The van der Waals surface area contributed by atoms with Gasteiger partial charge in [0.05, 0.1) is 12.2 Å². The maximum Gasteiger partial charge on any atom is 0.365 e. The normalized spacial score (nSPS) is 11.3. The fourth-order valence-electron chi connectivity index (χ4n) is 1.05. The molecule has 4 nitrogen and oxygen atoms in total. The summed E-state index contributed by atoms with van der Waals surface area (Å²) in [5, 5.41) is 10.1. The third-order valence-corrected chi connectivity index (χ3v) is 2.50. The summed E-state index contributed by atoms with van der Waals surface area (Å²) in [4.78, 5) is 15.7. The third kappa shape index (κ3) is 3.88. The van der Waals surface area contributed by atoms with Gasteiger partial charge in [0, 0.05) is 11.9 Å². The molecule has 0 aliphatic heterocycles. The topological polar surface area (TPSA) is 53.4 Å². The lowest BCUT2D eigenvalue weighted by Gasteiger charge is -2.13. The summed E-state index contributed by atoms with van der Waals surface area (Å²) in [5.41, 5.74) is 0.501. The third-order valence-electron chi connectivity index (χ3n) is 1.62. The molecule has 0 unspecified atom stereocenters. The summed E-state index contributed by atoms with van der Waals surface area (Å²) in [7, 11) is 1.53. The molecule has 1 N–H and O–H groups in total. The molecule has 1 heterocycles.